The van der Waals surface area contributed by atoms with Crippen LogP contribution in [0.4, 0.5) is 0 Å². The first-order valence-corrected chi connectivity index (χ1v) is 4.81. The van der Waals surface area contributed by atoms with Crippen LogP contribution < -0.4 is 0 Å². The summed E-state index contributed by atoms with van der Waals surface area (Å²) in [4.78, 5) is 11.2. The molecule has 0 N–H and O–H groups in total. The topological polar surface area (TPSA) is 57.0 Å². The van der Waals surface area contributed by atoms with Crippen molar-refractivity contribution in [2.45, 2.75) is 6.54 Å². The highest BCUT2D eigenvalue weighted by atomic mass is 16.5. The zero-order valence-electron chi connectivity index (χ0n) is 8.83. The maximum absolute atomic E-state index is 11.2. The van der Waals surface area contributed by atoms with Crippen molar-refractivity contribution in [1.82, 2.24) is 15.0 Å². The molecule has 0 aliphatic carbocycles. The maximum Gasteiger partial charge on any atom is 0.337 e. The second-order valence-electron chi connectivity index (χ2n) is 3.29. The summed E-state index contributed by atoms with van der Waals surface area (Å²) in [7, 11) is 1.37. The summed E-state index contributed by atoms with van der Waals surface area (Å²) in [5, 5.41) is 7.58. The molecule has 2 aromatic rings. The molecule has 82 valence electrons. The summed E-state index contributed by atoms with van der Waals surface area (Å²) in [6.45, 7) is 0.640. The van der Waals surface area contributed by atoms with Gasteiger partial charge in [-0.25, -0.2) is 9.48 Å². The van der Waals surface area contributed by atoms with Gasteiger partial charge in [-0.3, -0.25) is 0 Å². The van der Waals surface area contributed by atoms with Crippen molar-refractivity contribution in [3.8, 4) is 0 Å². The highest BCUT2D eigenvalue weighted by molar-refractivity contribution is 5.89. The Morgan fingerprint density at radius 1 is 1.38 bits per heavy atom. The van der Waals surface area contributed by atoms with E-state index in [0.717, 1.165) is 5.56 Å². The number of carbonyl (C=O) groups is 1. The monoisotopic (exact) mass is 217 g/mol. The molecule has 0 saturated carbocycles. The standard InChI is InChI=1S/C11H11N3O2/c1-16-11(15)10-4-2-9(3-5-10)8-14-7-6-12-13-14/h2-7H,8H2,1H3. The highest BCUT2D eigenvalue weighted by Crippen LogP contribution is 2.06. The summed E-state index contributed by atoms with van der Waals surface area (Å²) in [5.74, 6) is -0.327. The SMILES string of the molecule is COC(=O)c1ccc(Cn2ccnn2)cc1. The van der Waals surface area contributed by atoms with Gasteiger partial charge in [0.2, 0.25) is 0 Å². The third-order valence-corrected chi connectivity index (χ3v) is 2.19. The van der Waals surface area contributed by atoms with Crippen molar-refractivity contribution in [2.24, 2.45) is 0 Å². The van der Waals surface area contributed by atoms with Gasteiger partial charge < -0.3 is 4.74 Å². The van der Waals surface area contributed by atoms with Gasteiger partial charge >= 0.3 is 5.97 Å². The first-order chi connectivity index (χ1) is 7.79. The van der Waals surface area contributed by atoms with Crippen molar-refractivity contribution < 1.29 is 9.53 Å². The lowest BCUT2D eigenvalue weighted by Crippen LogP contribution is -2.03. The first-order valence-electron chi connectivity index (χ1n) is 4.81. The molecule has 1 heterocycles. The lowest BCUT2D eigenvalue weighted by molar-refractivity contribution is 0.0600. The molecule has 0 unspecified atom stereocenters. The van der Waals surface area contributed by atoms with Gasteiger partial charge in [-0.2, -0.15) is 0 Å². The Hall–Kier alpha value is -2.17. The molecule has 0 bridgehead atoms. The summed E-state index contributed by atoms with van der Waals surface area (Å²) < 4.78 is 6.33. The molecule has 0 fully saturated rings. The number of aromatic nitrogens is 3. The van der Waals surface area contributed by atoms with Crippen molar-refractivity contribution in [1.29, 1.82) is 0 Å². The minimum absolute atomic E-state index is 0.327. The van der Waals surface area contributed by atoms with Crippen LogP contribution in [0.1, 0.15) is 15.9 Å². The van der Waals surface area contributed by atoms with Gasteiger partial charge in [0.25, 0.3) is 0 Å². The molecule has 0 radical (unpaired) electrons. The van der Waals surface area contributed by atoms with Crippen LogP contribution in [0.2, 0.25) is 0 Å². The molecule has 1 aromatic heterocycles. The van der Waals surface area contributed by atoms with Crippen molar-refractivity contribution in [3.63, 3.8) is 0 Å². The van der Waals surface area contributed by atoms with Gasteiger partial charge in [-0.1, -0.05) is 17.3 Å². The van der Waals surface area contributed by atoms with Crippen molar-refractivity contribution >= 4 is 5.97 Å². The van der Waals surface area contributed by atoms with Crippen molar-refractivity contribution in [2.75, 3.05) is 7.11 Å². The van der Waals surface area contributed by atoms with Crippen LogP contribution in [0.15, 0.2) is 36.7 Å². The lowest BCUT2D eigenvalue weighted by Gasteiger charge is -2.02. The normalized spacial score (nSPS) is 10.1. The summed E-state index contributed by atoms with van der Waals surface area (Å²) in [6.07, 6.45) is 3.41. The van der Waals surface area contributed by atoms with Gasteiger partial charge in [-0.05, 0) is 17.7 Å². The Labute approximate surface area is 92.7 Å². The number of methoxy groups -OCH3 is 1. The predicted octanol–water partition coefficient (Wildman–Crippen LogP) is 1.11. The van der Waals surface area contributed by atoms with Crippen LogP contribution in [0, 0.1) is 0 Å². The minimum Gasteiger partial charge on any atom is -0.465 e. The summed E-state index contributed by atoms with van der Waals surface area (Å²) in [6, 6.07) is 7.21. The van der Waals surface area contributed by atoms with Crippen molar-refractivity contribution in [3.05, 3.63) is 47.8 Å². The second kappa shape index (κ2) is 4.57. The predicted molar refractivity (Wildman–Crippen MR) is 56.9 cm³/mol. The molecular formula is C11H11N3O2. The Kier molecular flexibility index (Phi) is 2.95. The summed E-state index contributed by atoms with van der Waals surface area (Å²) >= 11 is 0. The van der Waals surface area contributed by atoms with Crippen LogP contribution in [0.3, 0.4) is 0 Å². The molecule has 0 amide bonds. The Morgan fingerprint density at radius 3 is 2.69 bits per heavy atom. The number of hydrogen-bond donors (Lipinski definition) is 0. The molecule has 5 nitrogen and oxygen atoms in total. The summed E-state index contributed by atoms with van der Waals surface area (Å²) in [5.41, 5.74) is 1.60. The van der Waals surface area contributed by atoms with Crippen LogP contribution in [-0.2, 0) is 11.3 Å². The fourth-order valence-electron chi connectivity index (χ4n) is 1.37. The molecule has 0 saturated heterocycles. The fraction of sp³-hybridized carbons (Fsp3) is 0.182. The van der Waals surface area contributed by atoms with E-state index in [4.69, 9.17) is 0 Å². The number of benzene rings is 1. The Balaban J connectivity index is 2.10. The maximum atomic E-state index is 11.2. The van der Waals surface area contributed by atoms with E-state index in [1.165, 1.54) is 7.11 Å². The van der Waals surface area contributed by atoms with E-state index in [1.54, 1.807) is 29.2 Å². The first kappa shape index (κ1) is 10.4. The van der Waals surface area contributed by atoms with E-state index in [-0.39, 0.29) is 5.97 Å². The second-order valence-corrected chi connectivity index (χ2v) is 3.29. The molecule has 16 heavy (non-hydrogen) atoms. The zero-order chi connectivity index (χ0) is 11.4. The molecule has 5 heteroatoms. The number of hydrogen-bond acceptors (Lipinski definition) is 4. The van der Waals surface area contributed by atoms with Crippen LogP contribution >= 0.6 is 0 Å². The van der Waals surface area contributed by atoms with Gasteiger partial charge in [0.1, 0.15) is 0 Å². The Morgan fingerprint density at radius 2 is 2.12 bits per heavy atom. The van der Waals surface area contributed by atoms with Gasteiger partial charge in [0.05, 0.1) is 25.4 Å². The van der Waals surface area contributed by atoms with E-state index in [9.17, 15) is 4.79 Å². The third-order valence-electron chi connectivity index (χ3n) is 2.19. The van der Waals surface area contributed by atoms with E-state index in [0.29, 0.717) is 12.1 Å². The third kappa shape index (κ3) is 2.25. The molecule has 0 aliphatic rings. The van der Waals surface area contributed by atoms with Crippen LogP contribution in [0.25, 0.3) is 0 Å². The zero-order valence-corrected chi connectivity index (χ0v) is 8.83. The molecule has 1 aromatic carbocycles. The average Bonchev–Trinajstić information content (AvgIpc) is 2.82. The quantitative estimate of drug-likeness (QED) is 0.723. The molecule has 0 spiro atoms. The van der Waals surface area contributed by atoms with Crippen LogP contribution in [-0.4, -0.2) is 28.1 Å². The van der Waals surface area contributed by atoms with Gasteiger partial charge in [0, 0.05) is 6.20 Å². The van der Waals surface area contributed by atoms with E-state index < -0.39 is 0 Å². The average molecular weight is 217 g/mol. The smallest absolute Gasteiger partial charge is 0.337 e. The highest BCUT2D eigenvalue weighted by Gasteiger charge is 2.04. The van der Waals surface area contributed by atoms with E-state index >= 15 is 0 Å². The number of rotatable bonds is 3. The molecule has 2 rings (SSSR count). The number of ether oxygens (including phenoxy) is 1. The molecular weight excluding hydrogens is 206 g/mol. The van der Waals surface area contributed by atoms with Gasteiger partial charge in [0.15, 0.2) is 0 Å². The minimum atomic E-state index is -0.327. The number of esters is 1. The largest absolute Gasteiger partial charge is 0.465 e. The number of nitrogens with zero attached hydrogens (tertiary/aromatic N) is 3. The van der Waals surface area contributed by atoms with Crippen LogP contribution in [0.5, 0.6) is 0 Å². The Bertz CT molecular complexity index is 462. The lowest BCUT2D eigenvalue weighted by atomic mass is 10.1. The molecule has 0 atom stereocenters. The fourth-order valence-corrected chi connectivity index (χ4v) is 1.37. The van der Waals surface area contributed by atoms with E-state index in [1.807, 2.05) is 12.1 Å². The molecule has 0 aliphatic heterocycles. The van der Waals surface area contributed by atoms with Gasteiger partial charge in [-0.15, -0.1) is 5.10 Å². The van der Waals surface area contributed by atoms with E-state index in [2.05, 4.69) is 15.0 Å². The number of carbonyl (C=O) groups excluding carboxylic acids is 1.